The van der Waals surface area contributed by atoms with Crippen molar-refractivity contribution in [3.8, 4) is 0 Å². The predicted octanol–water partition coefficient (Wildman–Crippen LogP) is 4.58. The molecule has 0 radical (unpaired) electrons. The fourth-order valence-corrected chi connectivity index (χ4v) is 3.50. The first-order valence-corrected chi connectivity index (χ1v) is 9.71. The molecule has 4 rings (SSSR count). The number of hydrogen-bond acceptors (Lipinski definition) is 4. The van der Waals surface area contributed by atoms with Crippen molar-refractivity contribution < 1.29 is 18.8 Å². The zero-order chi connectivity index (χ0) is 21.3. The lowest BCUT2D eigenvalue weighted by Crippen LogP contribution is -2.52. The Morgan fingerprint density at radius 2 is 1.87 bits per heavy atom. The molecular formula is C21H15Cl2N3O4. The van der Waals surface area contributed by atoms with Gasteiger partial charge in [-0.3, -0.25) is 19.3 Å². The number of halogens is 2. The molecule has 0 saturated heterocycles. The molecule has 0 saturated carbocycles. The van der Waals surface area contributed by atoms with Gasteiger partial charge in [-0.05, 0) is 42.5 Å². The largest absolute Gasteiger partial charge is 0.459 e. The number of fused-ring (bicyclic) bond motifs is 1. The summed E-state index contributed by atoms with van der Waals surface area (Å²) in [6, 6.07) is 13.5. The van der Waals surface area contributed by atoms with E-state index >= 15 is 0 Å². The van der Waals surface area contributed by atoms with Crippen molar-refractivity contribution >= 4 is 58.0 Å². The van der Waals surface area contributed by atoms with E-state index in [-0.39, 0.29) is 17.2 Å². The third kappa shape index (κ3) is 3.90. The normalized spacial score (nSPS) is 15.3. The van der Waals surface area contributed by atoms with E-state index in [4.69, 9.17) is 27.6 Å². The molecule has 0 fully saturated rings. The zero-order valence-electron chi connectivity index (χ0n) is 15.4. The van der Waals surface area contributed by atoms with Crippen LogP contribution >= 0.6 is 23.2 Å². The van der Waals surface area contributed by atoms with Crippen LogP contribution in [0.3, 0.4) is 0 Å². The minimum atomic E-state index is -1.07. The molecular weight excluding hydrogens is 429 g/mol. The third-order valence-electron chi connectivity index (χ3n) is 4.57. The number of carbonyl (C=O) groups excluding carboxylic acids is 3. The highest BCUT2D eigenvalue weighted by Crippen LogP contribution is 2.34. The molecule has 152 valence electrons. The van der Waals surface area contributed by atoms with Crippen molar-refractivity contribution in [3.05, 3.63) is 76.7 Å². The van der Waals surface area contributed by atoms with E-state index in [1.807, 2.05) is 0 Å². The number of amides is 3. The van der Waals surface area contributed by atoms with Crippen LogP contribution in [0.15, 0.2) is 65.3 Å². The molecule has 0 spiro atoms. The van der Waals surface area contributed by atoms with Gasteiger partial charge in [-0.15, -0.1) is 0 Å². The minimum Gasteiger partial charge on any atom is -0.459 e. The number of anilines is 3. The Hall–Kier alpha value is -3.29. The Balaban J connectivity index is 1.62. The minimum absolute atomic E-state index is 0.0643. The van der Waals surface area contributed by atoms with Crippen LogP contribution in [0.1, 0.15) is 17.0 Å². The van der Waals surface area contributed by atoms with Crippen molar-refractivity contribution in [2.24, 2.45) is 0 Å². The molecule has 30 heavy (non-hydrogen) atoms. The second-order valence-corrected chi connectivity index (χ2v) is 7.37. The average molecular weight is 444 g/mol. The Morgan fingerprint density at radius 1 is 1.07 bits per heavy atom. The van der Waals surface area contributed by atoms with Gasteiger partial charge in [0.15, 0.2) is 5.76 Å². The van der Waals surface area contributed by atoms with E-state index in [1.165, 1.54) is 23.3 Å². The van der Waals surface area contributed by atoms with E-state index in [1.54, 1.807) is 42.5 Å². The number of furan rings is 1. The van der Waals surface area contributed by atoms with Gasteiger partial charge < -0.3 is 15.1 Å². The molecule has 1 aromatic heterocycles. The van der Waals surface area contributed by atoms with Gasteiger partial charge >= 0.3 is 0 Å². The third-order valence-corrected chi connectivity index (χ3v) is 5.31. The van der Waals surface area contributed by atoms with E-state index in [9.17, 15) is 14.4 Å². The lowest BCUT2D eigenvalue weighted by Gasteiger charge is -2.35. The summed E-state index contributed by atoms with van der Waals surface area (Å²) in [5.74, 6) is -1.40. The van der Waals surface area contributed by atoms with Gasteiger partial charge in [-0.2, -0.15) is 0 Å². The predicted molar refractivity (Wildman–Crippen MR) is 114 cm³/mol. The van der Waals surface area contributed by atoms with Crippen molar-refractivity contribution in [3.63, 3.8) is 0 Å². The maximum Gasteiger partial charge on any atom is 0.294 e. The van der Waals surface area contributed by atoms with Crippen LogP contribution < -0.4 is 15.5 Å². The van der Waals surface area contributed by atoms with E-state index in [2.05, 4.69) is 10.6 Å². The Bertz CT molecular complexity index is 1130. The van der Waals surface area contributed by atoms with Crippen molar-refractivity contribution in [2.45, 2.75) is 12.5 Å². The van der Waals surface area contributed by atoms with Gasteiger partial charge in [0, 0.05) is 5.69 Å². The molecule has 1 atom stereocenters. The first-order chi connectivity index (χ1) is 14.4. The number of carbonyl (C=O) groups is 3. The SMILES string of the molecule is O=C(CC1C(=O)Nc2ccccc2N1C(=O)c1ccco1)Nc1ccc(Cl)c(Cl)c1. The van der Waals surface area contributed by atoms with Crippen LogP contribution in [-0.4, -0.2) is 23.8 Å². The van der Waals surface area contributed by atoms with Crippen molar-refractivity contribution in [2.75, 3.05) is 15.5 Å². The first-order valence-electron chi connectivity index (χ1n) is 8.96. The number of hydrogen-bond donors (Lipinski definition) is 2. The van der Waals surface area contributed by atoms with Gasteiger partial charge in [0.2, 0.25) is 11.8 Å². The summed E-state index contributed by atoms with van der Waals surface area (Å²) in [6.07, 6.45) is 1.10. The Kier molecular flexibility index (Phi) is 5.48. The summed E-state index contributed by atoms with van der Waals surface area (Å²) in [5, 5.41) is 6.06. The second kappa shape index (κ2) is 8.22. The van der Waals surface area contributed by atoms with Gasteiger partial charge in [0.25, 0.3) is 5.91 Å². The summed E-state index contributed by atoms with van der Waals surface area (Å²) in [4.78, 5) is 39.8. The average Bonchev–Trinajstić information content (AvgIpc) is 3.26. The molecule has 3 amide bonds. The quantitative estimate of drug-likeness (QED) is 0.616. The summed E-state index contributed by atoms with van der Waals surface area (Å²) >= 11 is 11.9. The molecule has 9 heteroatoms. The van der Waals surface area contributed by atoms with Gasteiger partial charge in [-0.25, -0.2) is 0 Å². The molecule has 0 bridgehead atoms. The molecule has 1 aliphatic rings. The zero-order valence-corrected chi connectivity index (χ0v) is 16.9. The van der Waals surface area contributed by atoms with Crippen LogP contribution in [0.5, 0.6) is 0 Å². The van der Waals surface area contributed by atoms with Crippen molar-refractivity contribution in [1.82, 2.24) is 0 Å². The Morgan fingerprint density at radius 3 is 2.60 bits per heavy atom. The van der Waals surface area contributed by atoms with Crippen LogP contribution in [-0.2, 0) is 9.59 Å². The molecule has 3 aromatic rings. The van der Waals surface area contributed by atoms with Crippen LogP contribution in [0.4, 0.5) is 17.1 Å². The van der Waals surface area contributed by atoms with Crippen LogP contribution in [0.2, 0.25) is 10.0 Å². The highest BCUT2D eigenvalue weighted by Gasteiger charge is 2.39. The number of nitrogens with one attached hydrogen (secondary N) is 2. The van der Waals surface area contributed by atoms with E-state index in [0.29, 0.717) is 22.1 Å². The van der Waals surface area contributed by atoms with Gasteiger partial charge in [-0.1, -0.05) is 35.3 Å². The summed E-state index contributed by atoms with van der Waals surface area (Å²) in [5.41, 5.74) is 1.38. The topological polar surface area (TPSA) is 91.7 Å². The first kappa shape index (κ1) is 20.0. The maximum atomic E-state index is 13.1. The van der Waals surface area contributed by atoms with Crippen molar-refractivity contribution in [1.29, 1.82) is 0 Å². The standard InChI is InChI=1S/C21H15Cl2N3O4/c22-13-8-7-12(10-14(13)23)24-19(27)11-17-20(28)25-15-4-1-2-5-16(15)26(17)21(29)18-6-3-9-30-18/h1-10,17H,11H2,(H,24,27)(H,25,28). The molecule has 2 N–H and O–H groups in total. The smallest absolute Gasteiger partial charge is 0.294 e. The van der Waals surface area contributed by atoms with Crippen LogP contribution in [0, 0.1) is 0 Å². The fourth-order valence-electron chi connectivity index (χ4n) is 3.21. The van der Waals surface area contributed by atoms with Gasteiger partial charge in [0.05, 0.1) is 34.1 Å². The molecule has 1 unspecified atom stereocenters. The van der Waals surface area contributed by atoms with E-state index < -0.39 is 23.8 Å². The highest BCUT2D eigenvalue weighted by molar-refractivity contribution is 6.42. The lowest BCUT2D eigenvalue weighted by atomic mass is 10.0. The molecule has 2 heterocycles. The number of nitrogens with zero attached hydrogens (tertiary/aromatic N) is 1. The molecule has 2 aromatic carbocycles. The summed E-state index contributed by atoms with van der Waals surface area (Å²) in [6.45, 7) is 0. The lowest BCUT2D eigenvalue weighted by molar-refractivity contribution is -0.122. The van der Waals surface area contributed by atoms with Gasteiger partial charge in [0.1, 0.15) is 6.04 Å². The summed E-state index contributed by atoms with van der Waals surface area (Å²) in [7, 11) is 0. The number of rotatable bonds is 4. The molecule has 7 nitrogen and oxygen atoms in total. The second-order valence-electron chi connectivity index (χ2n) is 6.56. The fraction of sp³-hybridized carbons (Fsp3) is 0.0952. The number of para-hydroxylation sites is 2. The Labute approximate surface area is 181 Å². The molecule has 1 aliphatic heterocycles. The monoisotopic (exact) mass is 443 g/mol. The summed E-state index contributed by atoms with van der Waals surface area (Å²) < 4.78 is 5.22. The maximum absolute atomic E-state index is 13.1. The van der Waals surface area contributed by atoms with E-state index in [0.717, 1.165) is 0 Å². The number of benzene rings is 2. The highest BCUT2D eigenvalue weighted by atomic mass is 35.5. The van der Waals surface area contributed by atoms with Crippen LogP contribution in [0.25, 0.3) is 0 Å². The molecule has 0 aliphatic carbocycles.